The van der Waals surface area contributed by atoms with E-state index in [1.807, 2.05) is 29.1 Å². The van der Waals surface area contributed by atoms with Gasteiger partial charge in [0.1, 0.15) is 18.1 Å². The second-order valence-corrected chi connectivity index (χ2v) is 7.85. The van der Waals surface area contributed by atoms with Crippen molar-refractivity contribution in [2.24, 2.45) is 0 Å². The maximum absolute atomic E-state index is 12.8. The zero-order valence-electron chi connectivity index (χ0n) is 17.3. The number of halogens is 3. The zero-order chi connectivity index (χ0) is 22.3. The second-order valence-electron chi connectivity index (χ2n) is 7.85. The highest BCUT2D eigenvalue weighted by Gasteiger charge is 2.30. The number of ether oxygens (including phenoxy) is 2. The number of rotatable bonds is 4. The van der Waals surface area contributed by atoms with Gasteiger partial charge >= 0.3 is 6.18 Å². The molecule has 3 heterocycles. The van der Waals surface area contributed by atoms with Crippen molar-refractivity contribution in [3.8, 4) is 11.5 Å². The normalized spacial score (nSPS) is 15.9. The number of hydrogen-bond acceptors (Lipinski definition) is 4. The van der Waals surface area contributed by atoms with Crippen LogP contribution in [-0.2, 0) is 19.0 Å². The van der Waals surface area contributed by atoms with Crippen LogP contribution < -0.4 is 9.47 Å². The van der Waals surface area contributed by atoms with Gasteiger partial charge < -0.3 is 9.47 Å². The van der Waals surface area contributed by atoms with Crippen molar-refractivity contribution in [1.29, 1.82) is 0 Å². The second kappa shape index (κ2) is 7.85. The Hall–Kier alpha value is -3.55. The molecule has 32 heavy (non-hydrogen) atoms. The van der Waals surface area contributed by atoms with Crippen molar-refractivity contribution in [2.75, 3.05) is 13.7 Å². The standard InChI is InChI=1S/C24H20F3N3O2/c1-31-19-6-7-22-20(10-19)21-9-18(14-32-23(21)12-28-22)30-13-16(11-29-30)8-15-2-4-17(5-3-15)24(25,26)27/h2-7,10-13,18H,8-9,14H2,1H3. The molecule has 5 nitrogen and oxygen atoms in total. The summed E-state index contributed by atoms with van der Waals surface area (Å²) in [7, 11) is 1.63. The maximum Gasteiger partial charge on any atom is 0.416 e. The molecule has 0 fully saturated rings. The summed E-state index contributed by atoms with van der Waals surface area (Å²) in [6.45, 7) is 0.464. The van der Waals surface area contributed by atoms with Crippen LogP contribution in [-0.4, -0.2) is 28.5 Å². The molecule has 0 saturated heterocycles. The topological polar surface area (TPSA) is 49.2 Å². The molecule has 5 rings (SSSR count). The van der Waals surface area contributed by atoms with Crippen molar-refractivity contribution in [1.82, 2.24) is 14.8 Å². The Bertz CT molecular complexity index is 1260. The molecule has 0 bridgehead atoms. The van der Waals surface area contributed by atoms with E-state index in [-0.39, 0.29) is 6.04 Å². The molecule has 2 aromatic heterocycles. The minimum atomic E-state index is -4.33. The number of pyridine rings is 1. The van der Waals surface area contributed by atoms with Crippen molar-refractivity contribution in [3.05, 3.63) is 83.3 Å². The smallest absolute Gasteiger partial charge is 0.416 e. The van der Waals surface area contributed by atoms with Gasteiger partial charge in [-0.05, 0) is 41.5 Å². The highest BCUT2D eigenvalue weighted by atomic mass is 19.4. The lowest BCUT2D eigenvalue weighted by atomic mass is 9.99. The molecule has 8 heteroatoms. The Balaban J connectivity index is 1.36. The summed E-state index contributed by atoms with van der Waals surface area (Å²) in [5.74, 6) is 1.52. The first-order valence-electron chi connectivity index (χ1n) is 10.2. The monoisotopic (exact) mass is 439 g/mol. The summed E-state index contributed by atoms with van der Waals surface area (Å²) in [4.78, 5) is 4.47. The Morgan fingerprint density at radius 3 is 2.66 bits per heavy atom. The van der Waals surface area contributed by atoms with Crippen LogP contribution >= 0.6 is 0 Å². The first kappa shape index (κ1) is 20.4. The van der Waals surface area contributed by atoms with Crippen LogP contribution in [0.5, 0.6) is 11.5 Å². The molecule has 0 spiro atoms. The van der Waals surface area contributed by atoms with E-state index in [2.05, 4.69) is 10.1 Å². The summed E-state index contributed by atoms with van der Waals surface area (Å²) in [5.41, 5.74) is 3.01. The summed E-state index contributed by atoms with van der Waals surface area (Å²) < 4.78 is 51.5. The van der Waals surface area contributed by atoms with E-state index in [1.165, 1.54) is 12.1 Å². The van der Waals surface area contributed by atoms with Gasteiger partial charge in [-0.25, -0.2) is 0 Å². The van der Waals surface area contributed by atoms with Gasteiger partial charge in [-0.1, -0.05) is 12.1 Å². The van der Waals surface area contributed by atoms with Crippen LogP contribution in [0, 0.1) is 0 Å². The highest BCUT2D eigenvalue weighted by molar-refractivity contribution is 5.85. The summed E-state index contributed by atoms with van der Waals surface area (Å²) in [6, 6.07) is 11.0. The largest absolute Gasteiger partial charge is 0.497 e. The molecule has 1 atom stereocenters. The van der Waals surface area contributed by atoms with Gasteiger partial charge in [0.15, 0.2) is 0 Å². The van der Waals surface area contributed by atoms with E-state index < -0.39 is 11.7 Å². The predicted octanol–water partition coefficient (Wildman–Crippen LogP) is 5.23. The van der Waals surface area contributed by atoms with Gasteiger partial charge in [-0.15, -0.1) is 0 Å². The van der Waals surface area contributed by atoms with E-state index in [9.17, 15) is 13.2 Å². The van der Waals surface area contributed by atoms with Crippen LogP contribution in [0.2, 0.25) is 0 Å². The Morgan fingerprint density at radius 2 is 1.91 bits per heavy atom. The van der Waals surface area contributed by atoms with Gasteiger partial charge in [0.05, 0.1) is 36.6 Å². The maximum atomic E-state index is 12.8. The van der Waals surface area contributed by atoms with Crippen LogP contribution in [0.15, 0.2) is 61.1 Å². The van der Waals surface area contributed by atoms with Gasteiger partial charge in [-0.3, -0.25) is 9.67 Å². The van der Waals surface area contributed by atoms with Crippen LogP contribution in [0.3, 0.4) is 0 Å². The fourth-order valence-corrected chi connectivity index (χ4v) is 4.04. The lowest BCUT2D eigenvalue weighted by Crippen LogP contribution is -2.25. The summed E-state index contributed by atoms with van der Waals surface area (Å²) in [5, 5.41) is 5.49. The van der Waals surface area contributed by atoms with E-state index in [4.69, 9.17) is 9.47 Å². The summed E-state index contributed by atoms with van der Waals surface area (Å²) in [6.07, 6.45) is 2.33. The molecular weight excluding hydrogens is 419 g/mol. The number of benzene rings is 2. The molecular formula is C24H20F3N3O2. The van der Waals surface area contributed by atoms with Gasteiger partial charge in [0.25, 0.3) is 0 Å². The zero-order valence-corrected chi connectivity index (χ0v) is 17.3. The first-order valence-corrected chi connectivity index (χ1v) is 10.2. The number of methoxy groups -OCH3 is 1. The Morgan fingerprint density at radius 1 is 1.09 bits per heavy atom. The highest BCUT2D eigenvalue weighted by Crippen LogP contribution is 2.35. The predicted molar refractivity (Wildman–Crippen MR) is 113 cm³/mol. The Labute approximate surface area is 182 Å². The van der Waals surface area contributed by atoms with Crippen molar-refractivity contribution in [3.63, 3.8) is 0 Å². The molecule has 4 aromatic rings. The summed E-state index contributed by atoms with van der Waals surface area (Å²) >= 11 is 0. The molecule has 164 valence electrons. The van der Waals surface area contributed by atoms with Crippen LogP contribution in [0.1, 0.15) is 28.3 Å². The minimum Gasteiger partial charge on any atom is -0.497 e. The molecule has 1 aliphatic heterocycles. The van der Waals surface area contributed by atoms with Crippen molar-refractivity contribution in [2.45, 2.75) is 25.1 Å². The SMILES string of the molecule is COc1ccc2ncc3c(c2c1)CC(n1cc(Cc2ccc(C(F)(F)F)cc2)cn1)CO3. The molecule has 1 unspecified atom stereocenters. The van der Waals surface area contributed by atoms with E-state index in [0.29, 0.717) is 13.0 Å². The molecule has 0 amide bonds. The Kier molecular flexibility index (Phi) is 5.00. The van der Waals surface area contributed by atoms with Gasteiger partial charge in [0.2, 0.25) is 0 Å². The number of nitrogens with zero attached hydrogens (tertiary/aromatic N) is 3. The number of alkyl halides is 3. The van der Waals surface area contributed by atoms with Crippen LogP contribution in [0.4, 0.5) is 13.2 Å². The van der Waals surface area contributed by atoms with E-state index in [0.717, 1.165) is 57.6 Å². The molecule has 0 radical (unpaired) electrons. The molecule has 0 N–H and O–H groups in total. The lowest BCUT2D eigenvalue weighted by Gasteiger charge is -2.26. The molecule has 1 aliphatic rings. The average molecular weight is 439 g/mol. The molecule has 0 saturated carbocycles. The van der Waals surface area contributed by atoms with Gasteiger partial charge in [0, 0.05) is 30.0 Å². The van der Waals surface area contributed by atoms with Crippen molar-refractivity contribution < 1.29 is 22.6 Å². The quantitative estimate of drug-likeness (QED) is 0.437. The van der Waals surface area contributed by atoms with E-state index >= 15 is 0 Å². The third kappa shape index (κ3) is 3.88. The van der Waals surface area contributed by atoms with Gasteiger partial charge in [-0.2, -0.15) is 18.3 Å². The third-order valence-electron chi connectivity index (χ3n) is 5.74. The molecule has 2 aromatic carbocycles. The third-order valence-corrected chi connectivity index (χ3v) is 5.74. The van der Waals surface area contributed by atoms with E-state index in [1.54, 1.807) is 19.5 Å². The van der Waals surface area contributed by atoms with Crippen molar-refractivity contribution >= 4 is 10.9 Å². The average Bonchev–Trinajstić information content (AvgIpc) is 3.26. The lowest BCUT2D eigenvalue weighted by molar-refractivity contribution is -0.137. The fraction of sp³-hybridized carbons (Fsp3) is 0.250. The number of aromatic nitrogens is 3. The fourth-order valence-electron chi connectivity index (χ4n) is 4.04. The number of hydrogen-bond donors (Lipinski definition) is 0. The first-order chi connectivity index (χ1) is 15.4. The minimum absolute atomic E-state index is 0.000608. The number of fused-ring (bicyclic) bond motifs is 3. The van der Waals surface area contributed by atoms with Crippen LogP contribution in [0.25, 0.3) is 10.9 Å². The molecule has 0 aliphatic carbocycles.